The monoisotopic (exact) mass is 377 g/mol. The van der Waals surface area contributed by atoms with E-state index >= 15 is 0 Å². The molecule has 4 aromatic rings. The van der Waals surface area contributed by atoms with Gasteiger partial charge in [-0.1, -0.05) is 12.1 Å². The highest BCUT2D eigenvalue weighted by molar-refractivity contribution is 6.08. The summed E-state index contributed by atoms with van der Waals surface area (Å²) in [4.78, 5) is 16.5. The van der Waals surface area contributed by atoms with Gasteiger partial charge in [-0.05, 0) is 49.4 Å². The Morgan fingerprint density at radius 2 is 1.93 bits per heavy atom. The number of benzene rings is 2. The number of aromatic nitrogens is 3. The predicted molar refractivity (Wildman–Crippen MR) is 103 cm³/mol. The molecule has 2 aromatic carbocycles. The molecule has 7 heteroatoms. The van der Waals surface area contributed by atoms with Crippen LogP contribution in [0.15, 0.2) is 54.6 Å². The minimum absolute atomic E-state index is 0.0550. The fourth-order valence-electron chi connectivity index (χ4n) is 3.12. The van der Waals surface area contributed by atoms with Crippen molar-refractivity contribution in [1.82, 2.24) is 15.2 Å². The SMILES string of the molecule is CCOc1ccccc1-c1cc(C(=O)O)c2c(-c3ccc(F)cc3)[nH]nc2n1. The molecule has 0 aliphatic heterocycles. The Hall–Kier alpha value is -3.74. The zero-order chi connectivity index (χ0) is 19.7. The molecule has 0 aliphatic carbocycles. The van der Waals surface area contributed by atoms with E-state index in [1.807, 2.05) is 25.1 Å². The van der Waals surface area contributed by atoms with Crippen molar-refractivity contribution in [2.75, 3.05) is 6.61 Å². The number of nitrogens with zero attached hydrogens (tertiary/aromatic N) is 2. The van der Waals surface area contributed by atoms with Crippen molar-refractivity contribution in [3.8, 4) is 28.3 Å². The first-order chi connectivity index (χ1) is 13.6. The summed E-state index contributed by atoms with van der Waals surface area (Å²) >= 11 is 0. The average Bonchev–Trinajstić information content (AvgIpc) is 3.12. The highest BCUT2D eigenvalue weighted by Crippen LogP contribution is 2.34. The first-order valence-electron chi connectivity index (χ1n) is 8.69. The number of pyridine rings is 1. The maximum Gasteiger partial charge on any atom is 0.336 e. The van der Waals surface area contributed by atoms with Crippen molar-refractivity contribution in [3.63, 3.8) is 0 Å². The second-order valence-corrected chi connectivity index (χ2v) is 6.09. The molecular formula is C21H16FN3O3. The number of hydrogen-bond donors (Lipinski definition) is 2. The van der Waals surface area contributed by atoms with Crippen LogP contribution in [0.2, 0.25) is 0 Å². The maximum absolute atomic E-state index is 13.2. The van der Waals surface area contributed by atoms with Crippen LogP contribution in [0.25, 0.3) is 33.5 Å². The van der Waals surface area contributed by atoms with Gasteiger partial charge in [0.15, 0.2) is 5.65 Å². The van der Waals surface area contributed by atoms with Crippen LogP contribution in [-0.2, 0) is 0 Å². The fraction of sp³-hybridized carbons (Fsp3) is 0.0952. The summed E-state index contributed by atoms with van der Waals surface area (Å²) in [6.45, 7) is 2.35. The van der Waals surface area contributed by atoms with Gasteiger partial charge < -0.3 is 9.84 Å². The van der Waals surface area contributed by atoms with Gasteiger partial charge in [-0.3, -0.25) is 5.10 Å². The molecule has 2 aromatic heterocycles. The second-order valence-electron chi connectivity index (χ2n) is 6.09. The van der Waals surface area contributed by atoms with Gasteiger partial charge in [0, 0.05) is 11.1 Å². The lowest BCUT2D eigenvalue weighted by Crippen LogP contribution is -2.01. The number of aromatic carboxylic acids is 1. The molecule has 0 unspecified atom stereocenters. The lowest BCUT2D eigenvalue weighted by Gasteiger charge is -2.10. The number of carboxylic acid groups (broad SMARTS) is 1. The highest BCUT2D eigenvalue weighted by atomic mass is 19.1. The highest BCUT2D eigenvalue weighted by Gasteiger charge is 2.20. The fourth-order valence-corrected chi connectivity index (χ4v) is 3.12. The Labute approximate surface area is 159 Å². The molecule has 2 heterocycles. The summed E-state index contributed by atoms with van der Waals surface area (Å²) in [7, 11) is 0. The van der Waals surface area contributed by atoms with Crippen molar-refractivity contribution in [2.24, 2.45) is 0 Å². The van der Waals surface area contributed by atoms with Gasteiger partial charge in [-0.15, -0.1) is 0 Å². The zero-order valence-corrected chi connectivity index (χ0v) is 14.9. The van der Waals surface area contributed by atoms with E-state index in [2.05, 4.69) is 15.2 Å². The predicted octanol–water partition coefficient (Wildman–Crippen LogP) is 4.53. The van der Waals surface area contributed by atoms with Crippen LogP contribution >= 0.6 is 0 Å². The largest absolute Gasteiger partial charge is 0.493 e. The molecule has 0 bridgehead atoms. The van der Waals surface area contributed by atoms with E-state index in [1.54, 1.807) is 18.2 Å². The lowest BCUT2D eigenvalue weighted by atomic mass is 10.0. The molecule has 0 aliphatic rings. The number of aromatic amines is 1. The molecule has 0 saturated heterocycles. The van der Waals surface area contributed by atoms with E-state index in [-0.39, 0.29) is 17.0 Å². The second kappa shape index (κ2) is 7.11. The number of hydrogen-bond acceptors (Lipinski definition) is 4. The van der Waals surface area contributed by atoms with Crippen LogP contribution in [0, 0.1) is 5.82 Å². The van der Waals surface area contributed by atoms with E-state index in [0.717, 1.165) is 0 Å². The van der Waals surface area contributed by atoms with Gasteiger partial charge in [0.1, 0.15) is 11.6 Å². The smallest absolute Gasteiger partial charge is 0.336 e. The Kier molecular flexibility index (Phi) is 4.49. The summed E-state index contributed by atoms with van der Waals surface area (Å²) in [5.41, 5.74) is 2.55. The minimum Gasteiger partial charge on any atom is -0.493 e. The van der Waals surface area contributed by atoms with E-state index in [9.17, 15) is 14.3 Å². The van der Waals surface area contributed by atoms with Gasteiger partial charge in [0.25, 0.3) is 0 Å². The van der Waals surface area contributed by atoms with Gasteiger partial charge >= 0.3 is 5.97 Å². The zero-order valence-electron chi connectivity index (χ0n) is 14.9. The van der Waals surface area contributed by atoms with Gasteiger partial charge in [0.2, 0.25) is 0 Å². The van der Waals surface area contributed by atoms with Crippen molar-refractivity contribution in [3.05, 3.63) is 66.0 Å². The summed E-state index contributed by atoms with van der Waals surface area (Å²) in [6.07, 6.45) is 0. The van der Waals surface area contributed by atoms with Crippen molar-refractivity contribution in [2.45, 2.75) is 6.92 Å². The van der Waals surface area contributed by atoms with Crippen LogP contribution in [0.1, 0.15) is 17.3 Å². The maximum atomic E-state index is 13.2. The normalized spacial score (nSPS) is 10.9. The minimum atomic E-state index is -1.10. The molecule has 0 radical (unpaired) electrons. The number of H-pyrrole nitrogens is 1. The van der Waals surface area contributed by atoms with Crippen LogP contribution in [-0.4, -0.2) is 32.9 Å². The molecule has 0 atom stereocenters. The van der Waals surface area contributed by atoms with Gasteiger partial charge in [0.05, 0.1) is 28.9 Å². The number of para-hydroxylation sites is 1. The van der Waals surface area contributed by atoms with Crippen LogP contribution in [0.5, 0.6) is 5.75 Å². The third-order valence-electron chi connectivity index (χ3n) is 4.35. The van der Waals surface area contributed by atoms with Crippen molar-refractivity contribution < 1.29 is 19.0 Å². The lowest BCUT2D eigenvalue weighted by molar-refractivity contribution is 0.0699. The number of fused-ring (bicyclic) bond motifs is 1. The van der Waals surface area contributed by atoms with Crippen molar-refractivity contribution in [1.29, 1.82) is 0 Å². The summed E-state index contributed by atoms with van der Waals surface area (Å²) in [6, 6.07) is 14.5. The topological polar surface area (TPSA) is 88.1 Å². The Balaban J connectivity index is 1.94. The number of carbonyl (C=O) groups is 1. The third-order valence-corrected chi connectivity index (χ3v) is 4.35. The molecule has 0 spiro atoms. The molecule has 28 heavy (non-hydrogen) atoms. The number of halogens is 1. The molecule has 4 rings (SSSR count). The van der Waals surface area contributed by atoms with E-state index in [4.69, 9.17) is 4.74 Å². The molecule has 6 nitrogen and oxygen atoms in total. The molecule has 140 valence electrons. The van der Waals surface area contributed by atoms with Crippen LogP contribution in [0.4, 0.5) is 4.39 Å². The first kappa shape index (κ1) is 17.7. The molecule has 2 N–H and O–H groups in total. The third kappa shape index (κ3) is 3.07. The Morgan fingerprint density at radius 3 is 2.64 bits per heavy atom. The quantitative estimate of drug-likeness (QED) is 0.534. The van der Waals surface area contributed by atoms with Gasteiger partial charge in [-0.25, -0.2) is 14.2 Å². The number of nitrogens with one attached hydrogen (secondary N) is 1. The summed E-state index contributed by atoms with van der Waals surface area (Å²) in [5.74, 6) is -0.867. The summed E-state index contributed by atoms with van der Waals surface area (Å²) < 4.78 is 18.9. The standard InChI is InChI=1S/C21H16FN3O3/c1-2-28-17-6-4-3-5-14(17)16-11-15(21(26)27)18-19(24-25-20(18)23-16)12-7-9-13(22)10-8-12/h3-11H,2H2,1H3,(H,26,27)(H,23,24,25). The number of rotatable bonds is 5. The Morgan fingerprint density at radius 1 is 1.18 bits per heavy atom. The molecule has 0 amide bonds. The first-order valence-corrected chi connectivity index (χ1v) is 8.69. The van der Waals surface area contributed by atoms with Crippen LogP contribution in [0.3, 0.4) is 0 Å². The number of ether oxygens (including phenoxy) is 1. The van der Waals surface area contributed by atoms with E-state index in [0.29, 0.717) is 40.3 Å². The van der Waals surface area contributed by atoms with Crippen LogP contribution < -0.4 is 4.74 Å². The Bertz CT molecular complexity index is 1170. The van der Waals surface area contributed by atoms with Gasteiger partial charge in [-0.2, -0.15) is 5.10 Å². The molecule has 0 fully saturated rings. The van der Waals surface area contributed by atoms with E-state index < -0.39 is 5.97 Å². The van der Waals surface area contributed by atoms with E-state index in [1.165, 1.54) is 18.2 Å². The molecular weight excluding hydrogens is 361 g/mol. The summed E-state index contributed by atoms with van der Waals surface area (Å²) in [5, 5.41) is 17.2. The number of carboxylic acids is 1. The molecule has 0 saturated carbocycles. The average molecular weight is 377 g/mol. The van der Waals surface area contributed by atoms with Crippen molar-refractivity contribution >= 4 is 17.0 Å².